The standard InChI is InChI=1S/C5H5.3C4H10O.C2HF6Ge.Zr/c1-2-4-5-3-1;3*1-3-4(2)5;3-1(4,5)9-2(6,7)8;/h1-5H;3*4-5H,3H2,1-2H3;9H;/q-1;;;;;. The quantitative estimate of drug-likeness (QED) is 0.258. The van der Waals surface area contributed by atoms with Crippen LogP contribution in [0.5, 0.6) is 0 Å². The summed E-state index contributed by atoms with van der Waals surface area (Å²) in [4.78, 5) is 0. The first kappa shape index (κ1) is 40.6. The first-order chi connectivity index (χ1) is 13.0. The number of alkyl halides is 6. The molecule has 3 nitrogen and oxygen atoms in total. The van der Waals surface area contributed by atoms with Gasteiger partial charge in [0.25, 0.3) is 0 Å². The predicted octanol–water partition coefficient (Wildman–Crippen LogP) is 5.20. The van der Waals surface area contributed by atoms with Crippen LogP contribution in [0.2, 0.25) is 0 Å². The minimum atomic E-state index is -4.98. The molecule has 0 spiro atoms. The molecule has 1 aromatic rings. The monoisotopic (exact) mass is 590 g/mol. The van der Waals surface area contributed by atoms with Crippen molar-refractivity contribution in [3.8, 4) is 0 Å². The fraction of sp³-hybridized carbons (Fsp3) is 0.737. The van der Waals surface area contributed by atoms with Crippen LogP contribution in [0, 0.1) is 0 Å². The van der Waals surface area contributed by atoms with E-state index in [9.17, 15) is 26.3 Å². The number of aliphatic hydroxyl groups is 3. The van der Waals surface area contributed by atoms with E-state index in [1.165, 1.54) is 0 Å². The summed E-state index contributed by atoms with van der Waals surface area (Å²) in [6, 6.07) is 10.0. The second kappa shape index (κ2) is 25.5. The Balaban J connectivity index is -0.0000000884. The normalized spacial score (nSPS) is 13.0. The summed E-state index contributed by atoms with van der Waals surface area (Å²) in [5, 5.41) is 15.1. The molecule has 0 amide bonds. The van der Waals surface area contributed by atoms with Crippen LogP contribution in [0.25, 0.3) is 0 Å². The summed E-state index contributed by atoms with van der Waals surface area (Å²) >= 11 is -4.06. The van der Waals surface area contributed by atoms with Gasteiger partial charge >= 0.3 is 51.8 Å². The van der Waals surface area contributed by atoms with Crippen molar-refractivity contribution in [3.63, 3.8) is 0 Å². The van der Waals surface area contributed by atoms with E-state index in [-0.39, 0.29) is 44.5 Å². The Bertz CT molecular complexity index is 350. The van der Waals surface area contributed by atoms with Crippen molar-refractivity contribution in [1.29, 1.82) is 0 Å². The smallest absolute Gasteiger partial charge is 0 e. The van der Waals surface area contributed by atoms with Crippen molar-refractivity contribution in [1.82, 2.24) is 0 Å². The molecule has 30 heavy (non-hydrogen) atoms. The van der Waals surface area contributed by atoms with E-state index in [1.54, 1.807) is 20.8 Å². The minimum absolute atomic E-state index is 0. The third-order valence-corrected chi connectivity index (χ3v) is 4.03. The van der Waals surface area contributed by atoms with E-state index in [1.807, 2.05) is 51.1 Å². The van der Waals surface area contributed by atoms with Gasteiger partial charge in [0.15, 0.2) is 0 Å². The Hall–Kier alpha value is 0.236. The number of hydrogen-bond acceptors (Lipinski definition) is 3. The number of aliphatic hydroxyl groups excluding tert-OH is 3. The summed E-state index contributed by atoms with van der Waals surface area (Å²) in [5.74, 6) is 0. The van der Waals surface area contributed by atoms with E-state index < -0.39 is 25.4 Å². The maximum absolute atomic E-state index is 10.9. The Morgan fingerprint density at radius 2 is 0.900 bits per heavy atom. The van der Waals surface area contributed by atoms with Gasteiger partial charge in [-0.1, -0.05) is 20.8 Å². The van der Waals surface area contributed by atoms with Gasteiger partial charge in [-0.05, 0) is 40.0 Å². The molecule has 3 atom stereocenters. The molecule has 3 N–H and O–H groups in total. The van der Waals surface area contributed by atoms with Gasteiger partial charge in [0.1, 0.15) is 0 Å². The Morgan fingerprint density at radius 3 is 0.933 bits per heavy atom. The summed E-state index contributed by atoms with van der Waals surface area (Å²) in [5.41, 5.74) is 0. The predicted molar refractivity (Wildman–Crippen MR) is 107 cm³/mol. The molecule has 0 aliphatic rings. The molecular formula is C19H36F6GeO3Zr-. The molecule has 0 fully saturated rings. The van der Waals surface area contributed by atoms with E-state index in [0.717, 1.165) is 19.3 Å². The molecule has 0 saturated heterocycles. The van der Waals surface area contributed by atoms with Crippen molar-refractivity contribution in [2.75, 3.05) is 0 Å². The van der Waals surface area contributed by atoms with Crippen LogP contribution < -0.4 is 0 Å². The Morgan fingerprint density at radius 1 is 0.700 bits per heavy atom. The third kappa shape index (κ3) is 70.5. The molecule has 0 aromatic heterocycles. The molecule has 0 bridgehead atoms. The van der Waals surface area contributed by atoms with Crippen LogP contribution >= 0.6 is 0 Å². The second-order valence-electron chi connectivity index (χ2n) is 5.96. The van der Waals surface area contributed by atoms with Crippen LogP contribution in [0.1, 0.15) is 60.8 Å². The maximum atomic E-state index is 10.9. The average Bonchev–Trinajstić information content (AvgIpc) is 3.12. The van der Waals surface area contributed by atoms with Gasteiger partial charge in [-0.3, -0.25) is 0 Å². The summed E-state index contributed by atoms with van der Waals surface area (Å²) < 4.78 is 65.4. The molecule has 181 valence electrons. The van der Waals surface area contributed by atoms with Crippen LogP contribution in [0.4, 0.5) is 26.3 Å². The third-order valence-electron chi connectivity index (χ3n) is 2.66. The van der Waals surface area contributed by atoms with Crippen molar-refractivity contribution < 1.29 is 67.9 Å². The average molecular weight is 590 g/mol. The zero-order chi connectivity index (χ0) is 24.1. The fourth-order valence-electron chi connectivity index (χ4n) is 0.506. The zero-order valence-corrected chi connectivity index (χ0v) is 23.3. The summed E-state index contributed by atoms with van der Waals surface area (Å²) in [7, 11) is 0. The number of rotatable bonds is 3. The van der Waals surface area contributed by atoms with Gasteiger partial charge in [0, 0.05) is 26.2 Å². The maximum Gasteiger partial charge on any atom is 0 e. The number of halogens is 6. The number of hydrogen-bond donors (Lipinski definition) is 3. The summed E-state index contributed by atoms with van der Waals surface area (Å²) in [6.45, 7) is 11.2. The molecule has 11 heteroatoms. The van der Waals surface area contributed by atoms with Crippen molar-refractivity contribution in [2.24, 2.45) is 0 Å². The fourth-order valence-corrected chi connectivity index (χ4v) is 1.29. The Labute approximate surface area is 202 Å². The molecule has 0 aliphatic carbocycles. The van der Waals surface area contributed by atoms with E-state index in [4.69, 9.17) is 15.3 Å². The van der Waals surface area contributed by atoms with Gasteiger partial charge in [0.2, 0.25) is 0 Å². The van der Waals surface area contributed by atoms with Crippen molar-refractivity contribution in [2.45, 2.75) is 89.1 Å². The zero-order valence-electron chi connectivity index (χ0n) is 18.4. The first-order valence-corrected chi connectivity index (χ1v) is 11.7. The molecular weight excluding hydrogens is 554 g/mol. The van der Waals surface area contributed by atoms with Gasteiger partial charge in [0.05, 0.1) is 18.3 Å². The van der Waals surface area contributed by atoms with Crippen molar-refractivity contribution in [3.05, 3.63) is 30.3 Å². The van der Waals surface area contributed by atoms with Gasteiger partial charge in [-0.25, -0.2) is 12.1 Å². The van der Waals surface area contributed by atoms with E-state index >= 15 is 0 Å². The topological polar surface area (TPSA) is 60.7 Å². The van der Waals surface area contributed by atoms with E-state index in [0.29, 0.717) is 0 Å². The van der Waals surface area contributed by atoms with Crippen LogP contribution in [0.3, 0.4) is 0 Å². The molecule has 1 aromatic carbocycles. The minimum Gasteiger partial charge on any atom is -0.214 e. The van der Waals surface area contributed by atoms with Gasteiger partial charge in [-0.15, -0.1) is 0 Å². The molecule has 0 aliphatic heterocycles. The second-order valence-corrected chi connectivity index (χ2v) is 9.31. The van der Waals surface area contributed by atoms with Gasteiger partial charge in [-0.2, -0.15) is 18.2 Å². The van der Waals surface area contributed by atoms with Crippen molar-refractivity contribution >= 4 is 15.4 Å². The molecule has 0 saturated carbocycles. The largest absolute Gasteiger partial charge is 0.214 e. The first-order valence-electron chi connectivity index (χ1n) is 9.23. The Kier molecular flexibility index (Phi) is 34.5. The van der Waals surface area contributed by atoms with Crippen LogP contribution in [-0.2, 0) is 26.2 Å². The molecule has 0 heterocycles. The SMILES string of the molecule is CCC(C)O.CCC(C)O.CCC(C)O.F[C](F)(F)[GeH][C](F)(F)F.[Zr].c1cc[cH-]c1. The van der Waals surface area contributed by atoms with Crippen LogP contribution in [0.15, 0.2) is 30.3 Å². The molecule has 3 unspecified atom stereocenters. The molecule has 1 rings (SSSR count). The van der Waals surface area contributed by atoms with Crippen LogP contribution in [-0.4, -0.2) is 59.1 Å². The molecule has 1 radical (unpaired) electrons. The van der Waals surface area contributed by atoms with E-state index in [2.05, 4.69) is 0 Å². The van der Waals surface area contributed by atoms with Gasteiger partial charge < -0.3 is 15.3 Å². The summed E-state index contributed by atoms with van der Waals surface area (Å²) in [6.07, 6.45) is 2.24.